The first-order valence-electron chi connectivity index (χ1n) is 8.30. The molecule has 1 aromatic carbocycles. The molecule has 2 aliphatic heterocycles. The number of benzene rings is 1. The van der Waals surface area contributed by atoms with Gasteiger partial charge in [-0.05, 0) is 43.6 Å². The van der Waals surface area contributed by atoms with Crippen LogP contribution < -0.4 is 4.74 Å². The van der Waals surface area contributed by atoms with Crippen LogP contribution in [0.15, 0.2) is 35.6 Å². The van der Waals surface area contributed by atoms with E-state index < -0.39 is 0 Å². The molecule has 1 fully saturated rings. The lowest BCUT2D eigenvalue weighted by Crippen LogP contribution is -2.58. The lowest BCUT2D eigenvalue weighted by molar-refractivity contribution is 0.0736. The number of piperidine rings is 1. The number of hydrogen-bond donors (Lipinski definition) is 1. The average molecular weight is 311 g/mol. The van der Waals surface area contributed by atoms with Crippen LogP contribution in [-0.4, -0.2) is 42.9 Å². The molecule has 5 rings (SSSR count). The van der Waals surface area contributed by atoms with Gasteiger partial charge < -0.3 is 14.6 Å². The highest BCUT2D eigenvalue weighted by molar-refractivity contribution is 5.65. The van der Waals surface area contributed by atoms with E-state index in [4.69, 9.17) is 9.47 Å². The molecule has 4 heteroatoms. The molecule has 0 saturated carbocycles. The van der Waals surface area contributed by atoms with Gasteiger partial charge in [0.25, 0.3) is 0 Å². The third kappa shape index (κ3) is 1.44. The summed E-state index contributed by atoms with van der Waals surface area (Å²) in [7, 11) is 3.93. The number of nitrogens with zero attached hydrogens (tertiary/aromatic N) is 1. The van der Waals surface area contributed by atoms with Gasteiger partial charge in [-0.3, -0.25) is 4.90 Å². The van der Waals surface area contributed by atoms with Crippen LogP contribution in [0.4, 0.5) is 0 Å². The largest absolute Gasteiger partial charge is 0.497 e. The van der Waals surface area contributed by atoms with Gasteiger partial charge in [-0.15, -0.1) is 0 Å². The molecule has 4 nitrogen and oxygen atoms in total. The highest BCUT2D eigenvalue weighted by Gasteiger charge is 2.61. The SMILES string of the molecule is COC1=CC=C2C3Cc4ccc(CO)c5c4C2(CCN3C)C1O5. The van der Waals surface area contributed by atoms with Crippen molar-refractivity contribution in [3.63, 3.8) is 0 Å². The van der Waals surface area contributed by atoms with Crippen LogP contribution in [0.1, 0.15) is 23.1 Å². The molecule has 0 radical (unpaired) electrons. The molecule has 2 heterocycles. The monoisotopic (exact) mass is 311 g/mol. The first-order chi connectivity index (χ1) is 11.2. The van der Waals surface area contributed by atoms with Crippen molar-refractivity contribution in [1.29, 1.82) is 0 Å². The fraction of sp³-hybridized carbons (Fsp3) is 0.474. The van der Waals surface area contributed by atoms with Crippen molar-refractivity contribution in [3.8, 4) is 5.75 Å². The lowest BCUT2D eigenvalue weighted by atomic mass is 9.57. The summed E-state index contributed by atoms with van der Waals surface area (Å²) in [5.74, 6) is 1.79. The van der Waals surface area contributed by atoms with E-state index in [1.807, 2.05) is 6.07 Å². The van der Waals surface area contributed by atoms with Crippen molar-refractivity contribution in [2.24, 2.45) is 0 Å². The van der Waals surface area contributed by atoms with Gasteiger partial charge in [0, 0.05) is 17.2 Å². The van der Waals surface area contributed by atoms with Crippen LogP contribution in [0.2, 0.25) is 0 Å². The smallest absolute Gasteiger partial charge is 0.169 e. The third-order valence-corrected chi connectivity index (χ3v) is 6.22. The second-order valence-electron chi connectivity index (χ2n) is 7.06. The minimum atomic E-state index is -0.106. The molecule has 3 atom stereocenters. The maximum atomic E-state index is 9.75. The van der Waals surface area contributed by atoms with Gasteiger partial charge in [0.2, 0.25) is 0 Å². The number of likely N-dealkylation sites (N-methyl/N-ethyl adjacent to an activating group) is 1. The number of ether oxygens (including phenoxy) is 2. The summed E-state index contributed by atoms with van der Waals surface area (Å²) in [6.45, 7) is 1.07. The van der Waals surface area contributed by atoms with Crippen molar-refractivity contribution in [1.82, 2.24) is 4.90 Å². The van der Waals surface area contributed by atoms with Crippen molar-refractivity contribution < 1.29 is 14.6 Å². The topological polar surface area (TPSA) is 41.9 Å². The number of allylic oxidation sites excluding steroid dienone is 2. The van der Waals surface area contributed by atoms with Crippen LogP contribution in [0, 0.1) is 0 Å². The van der Waals surface area contributed by atoms with E-state index in [9.17, 15) is 5.11 Å². The van der Waals surface area contributed by atoms with Crippen LogP contribution >= 0.6 is 0 Å². The zero-order valence-corrected chi connectivity index (χ0v) is 13.5. The number of aliphatic hydroxyl groups is 1. The molecule has 1 N–H and O–H groups in total. The molecule has 1 spiro atoms. The third-order valence-electron chi connectivity index (χ3n) is 6.22. The highest BCUT2D eigenvalue weighted by Crippen LogP contribution is 2.61. The Morgan fingerprint density at radius 2 is 2.26 bits per heavy atom. The predicted octanol–water partition coefficient (Wildman–Crippen LogP) is 1.91. The Morgan fingerprint density at radius 1 is 1.39 bits per heavy atom. The van der Waals surface area contributed by atoms with E-state index in [1.54, 1.807) is 7.11 Å². The summed E-state index contributed by atoms with van der Waals surface area (Å²) in [6, 6.07) is 4.64. The number of methoxy groups -OCH3 is 1. The lowest BCUT2D eigenvalue weighted by Gasteiger charge is -2.52. The minimum absolute atomic E-state index is 0.0137. The predicted molar refractivity (Wildman–Crippen MR) is 86.4 cm³/mol. The standard InChI is InChI=1S/C19H21NO3/c1-20-8-7-19-13-5-6-15(22-2)18(19)23-17-12(10-21)4-3-11(16(17)19)9-14(13)20/h3-6,14,18,21H,7-10H2,1-2H3. The molecular formula is C19H21NO3. The summed E-state index contributed by atoms with van der Waals surface area (Å²) in [4.78, 5) is 2.46. The Kier molecular flexibility index (Phi) is 2.61. The fourth-order valence-electron chi connectivity index (χ4n) is 5.14. The van der Waals surface area contributed by atoms with Crippen molar-refractivity contribution in [2.45, 2.75) is 37.0 Å². The van der Waals surface area contributed by atoms with Crippen molar-refractivity contribution in [3.05, 3.63) is 52.3 Å². The summed E-state index contributed by atoms with van der Waals surface area (Å²) in [5, 5.41) is 9.75. The molecule has 4 aliphatic rings. The molecule has 1 aromatic rings. The summed E-state index contributed by atoms with van der Waals surface area (Å²) in [6.07, 6.45) is 6.28. The maximum Gasteiger partial charge on any atom is 0.169 e. The molecular weight excluding hydrogens is 290 g/mol. The van der Waals surface area contributed by atoms with Crippen molar-refractivity contribution >= 4 is 0 Å². The first kappa shape index (κ1) is 13.6. The van der Waals surface area contributed by atoms with E-state index in [1.165, 1.54) is 16.7 Å². The van der Waals surface area contributed by atoms with Crippen molar-refractivity contribution in [2.75, 3.05) is 20.7 Å². The molecule has 120 valence electrons. The van der Waals surface area contributed by atoms with Gasteiger partial charge in [0.1, 0.15) is 11.5 Å². The Labute approximate surface area is 136 Å². The van der Waals surface area contributed by atoms with E-state index >= 15 is 0 Å². The van der Waals surface area contributed by atoms with E-state index in [0.717, 1.165) is 36.5 Å². The minimum Gasteiger partial charge on any atom is -0.497 e. The normalized spacial score (nSPS) is 33.5. The second kappa shape index (κ2) is 4.40. The first-order valence-corrected chi connectivity index (χ1v) is 8.30. The van der Waals surface area contributed by atoms with Gasteiger partial charge >= 0.3 is 0 Å². The van der Waals surface area contributed by atoms with E-state index in [0.29, 0.717) is 6.04 Å². The van der Waals surface area contributed by atoms with Crippen LogP contribution in [0.5, 0.6) is 5.75 Å². The number of rotatable bonds is 2. The Hall–Kier alpha value is -1.78. The molecule has 0 aromatic heterocycles. The Bertz CT molecular complexity index is 766. The van der Waals surface area contributed by atoms with Gasteiger partial charge in [-0.25, -0.2) is 0 Å². The van der Waals surface area contributed by atoms with Crippen LogP contribution in [0.3, 0.4) is 0 Å². The van der Waals surface area contributed by atoms with Gasteiger partial charge in [-0.1, -0.05) is 18.2 Å². The van der Waals surface area contributed by atoms with Crippen LogP contribution in [-0.2, 0) is 23.2 Å². The summed E-state index contributed by atoms with van der Waals surface area (Å²) in [5.41, 5.74) is 4.92. The molecule has 1 saturated heterocycles. The van der Waals surface area contributed by atoms with Gasteiger partial charge in [0.15, 0.2) is 6.10 Å². The Balaban J connectivity index is 1.84. The number of hydrogen-bond acceptors (Lipinski definition) is 4. The molecule has 3 unspecified atom stereocenters. The van der Waals surface area contributed by atoms with E-state index in [-0.39, 0.29) is 18.1 Å². The van der Waals surface area contributed by atoms with Gasteiger partial charge in [-0.2, -0.15) is 0 Å². The summed E-state index contributed by atoms with van der Waals surface area (Å²) < 4.78 is 12.1. The zero-order valence-electron chi connectivity index (χ0n) is 13.5. The number of aliphatic hydroxyl groups excluding tert-OH is 1. The average Bonchev–Trinajstić information content (AvgIpc) is 2.92. The van der Waals surface area contributed by atoms with Gasteiger partial charge in [0.05, 0.1) is 19.1 Å². The van der Waals surface area contributed by atoms with Crippen LogP contribution in [0.25, 0.3) is 0 Å². The van der Waals surface area contributed by atoms with E-state index in [2.05, 4.69) is 30.2 Å². The molecule has 2 aliphatic carbocycles. The fourth-order valence-corrected chi connectivity index (χ4v) is 5.14. The molecule has 23 heavy (non-hydrogen) atoms. The highest BCUT2D eigenvalue weighted by atomic mass is 16.5. The zero-order chi connectivity index (χ0) is 15.8. The summed E-state index contributed by atoms with van der Waals surface area (Å²) >= 11 is 0. The maximum absolute atomic E-state index is 9.75. The molecule has 2 bridgehead atoms. The second-order valence-corrected chi connectivity index (χ2v) is 7.06. The number of likely N-dealkylation sites (tertiary alicyclic amines) is 1. The molecule has 0 amide bonds. The Morgan fingerprint density at radius 3 is 3.04 bits per heavy atom. The quantitative estimate of drug-likeness (QED) is 0.906.